The molecule has 2 N–H and O–H groups in total. The monoisotopic (exact) mass is 543 g/mol. The molecule has 2 aromatic heterocycles. The van der Waals surface area contributed by atoms with E-state index in [2.05, 4.69) is 20.6 Å². The van der Waals surface area contributed by atoms with Crippen molar-refractivity contribution in [3.05, 3.63) is 108 Å². The standard InChI is InChI=1S/C30H24F3N5O2/c1-18(21-9-3-5-11-24(21)30(31,32)33)35-29(39)22-10-4-6-12-25(22)37-28-23-16-20(40-2)13-14-26(23)36-27(38-28)19-8-7-15-34-17-19/h3-18H,1-2H3,(H,35,39)(H,36,37,38). The first-order valence-electron chi connectivity index (χ1n) is 12.3. The zero-order valence-electron chi connectivity index (χ0n) is 21.5. The summed E-state index contributed by atoms with van der Waals surface area (Å²) in [5.74, 6) is 0.888. The fourth-order valence-electron chi connectivity index (χ4n) is 4.36. The molecule has 0 radical (unpaired) electrons. The third-order valence-corrected chi connectivity index (χ3v) is 6.33. The van der Waals surface area contributed by atoms with E-state index in [1.807, 2.05) is 6.07 Å². The molecule has 2 heterocycles. The fraction of sp³-hybridized carbons (Fsp3) is 0.133. The molecular weight excluding hydrogens is 519 g/mol. The summed E-state index contributed by atoms with van der Waals surface area (Å²) >= 11 is 0. The molecule has 0 spiro atoms. The van der Waals surface area contributed by atoms with Gasteiger partial charge in [0.25, 0.3) is 5.91 Å². The lowest BCUT2D eigenvalue weighted by Gasteiger charge is -2.20. The quantitative estimate of drug-likeness (QED) is 0.231. The minimum Gasteiger partial charge on any atom is -0.497 e. The maximum absolute atomic E-state index is 13.6. The first-order chi connectivity index (χ1) is 19.2. The number of fused-ring (bicyclic) bond motifs is 1. The van der Waals surface area contributed by atoms with Gasteiger partial charge >= 0.3 is 6.18 Å². The molecule has 0 aliphatic rings. The Hall–Kier alpha value is -4.99. The Kier molecular flexibility index (Phi) is 7.33. The van der Waals surface area contributed by atoms with Crippen molar-refractivity contribution in [2.24, 2.45) is 0 Å². The summed E-state index contributed by atoms with van der Waals surface area (Å²) in [6.07, 6.45) is -1.25. The highest BCUT2D eigenvalue weighted by molar-refractivity contribution is 6.02. The second kappa shape index (κ2) is 11.0. The van der Waals surface area contributed by atoms with Gasteiger partial charge < -0.3 is 15.4 Å². The molecule has 5 aromatic rings. The van der Waals surface area contributed by atoms with E-state index >= 15 is 0 Å². The molecule has 0 aliphatic carbocycles. The highest BCUT2D eigenvalue weighted by Gasteiger charge is 2.34. The Morgan fingerprint density at radius 1 is 0.950 bits per heavy atom. The van der Waals surface area contributed by atoms with E-state index in [1.165, 1.54) is 25.1 Å². The lowest BCUT2D eigenvalue weighted by Crippen LogP contribution is -2.28. The first kappa shape index (κ1) is 26.6. The third kappa shape index (κ3) is 5.56. The van der Waals surface area contributed by atoms with E-state index in [9.17, 15) is 18.0 Å². The summed E-state index contributed by atoms with van der Waals surface area (Å²) in [6.45, 7) is 1.52. The number of carbonyl (C=O) groups is 1. The van der Waals surface area contributed by atoms with Crippen LogP contribution in [0.15, 0.2) is 91.3 Å². The van der Waals surface area contributed by atoms with E-state index in [1.54, 1.807) is 68.0 Å². The van der Waals surface area contributed by atoms with Crippen LogP contribution in [0.5, 0.6) is 5.75 Å². The number of benzene rings is 3. The highest BCUT2D eigenvalue weighted by atomic mass is 19.4. The molecular formula is C30H24F3N5O2. The van der Waals surface area contributed by atoms with Crippen LogP contribution in [0.25, 0.3) is 22.3 Å². The minimum atomic E-state index is -4.55. The topological polar surface area (TPSA) is 89.0 Å². The molecule has 0 saturated carbocycles. The Labute approximate surface area is 228 Å². The van der Waals surface area contributed by atoms with Gasteiger partial charge in [-0.1, -0.05) is 30.3 Å². The number of nitrogens with one attached hydrogen (secondary N) is 2. The summed E-state index contributed by atoms with van der Waals surface area (Å²) in [5.41, 5.74) is 1.16. The number of hydrogen-bond donors (Lipinski definition) is 2. The number of para-hydroxylation sites is 1. The average Bonchev–Trinajstić information content (AvgIpc) is 2.97. The fourth-order valence-corrected chi connectivity index (χ4v) is 4.36. The summed E-state index contributed by atoms with van der Waals surface area (Å²) in [5, 5.41) is 6.59. The van der Waals surface area contributed by atoms with Gasteiger partial charge in [0.2, 0.25) is 0 Å². The van der Waals surface area contributed by atoms with E-state index < -0.39 is 23.7 Å². The second-order valence-corrected chi connectivity index (χ2v) is 8.97. The highest BCUT2D eigenvalue weighted by Crippen LogP contribution is 2.35. The zero-order valence-corrected chi connectivity index (χ0v) is 21.5. The number of nitrogens with zero attached hydrogens (tertiary/aromatic N) is 3. The van der Waals surface area contributed by atoms with Gasteiger partial charge in [0, 0.05) is 23.3 Å². The van der Waals surface area contributed by atoms with Gasteiger partial charge in [0.05, 0.1) is 35.5 Å². The predicted octanol–water partition coefficient (Wildman–Crippen LogP) is 6.95. The summed E-state index contributed by atoms with van der Waals surface area (Å²) in [4.78, 5) is 26.9. The van der Waals surface area contributed by atoms with Gasteiger partial charge in [-0.2, -0.15) is 13.2 Å². The van der Waals surface area contributed by atoms with Crippen molar-refractivity contribution in [3.63, 3.8) is 0 Å². The lowest BCUT2D eigenvalue weighted by molar-refractivity contribution is -0.138. The molecule has 1 unspecified atom stereocenters. The molecule has 0 bridgehead atoms. The third-order valence-electron chi connectivity index (χ3n) is 6.33. The number of methoxy groups -OCH3 is 1. The average molecular weight is 544 g/mol. The van der Waals surface area contributed by atoms with E-state index in [-0.39, 0.29) is 11.1 Å². The molecule has 10 heteroatoms. The number of amides is 1. The van der Waals surface area contributed by atoms with Crippen molar-refractivity contribution in [1.82, 2.24) is 20.3 Å². The van der Waals surface area contributed by atoms with Crippen molar-refractivity contribution in [3.8, 4) is 17.1 Å². The molecule has 3 aromatic carbocycles. The van der Waals surface area contributed by atoms with Crippen LogP contribution in [0.1, 0.15) is 34.5 Å². The number of ether oxygens (including phenoxy) is 1. The molecule has 1 amide bonds. The van der Waals surface area contributed by atoms with Crippen LogP contribution in [0.3, 0.4) is 0 Å². The van der Waals surface area contributed by atoms with Crippen LogP contribution in [-0.4, -0.2) is 28.0 Å². The number of carbonyl (C=O) groups excluding carboxylic acids is 1. The van der Waals surface area contributed by atoms with Crippen LogP contribution in [0.4, 0.5) is 24.7 Å². The number of alkyl halides is 3. The summed E-state index contributed by atoms with van der Waals surface area (Å²) in [6, 6.07) is 20.0. The van der Waals surface area contributed by atoms with Gasteiger partial charge in [-0.05, 0) is 61.0 Å². The van der Waals surface area contributed by atoms with Crippen molar-refractivity contribution in [2.45, 2.75) is 19.1 Å². The maximum Gasteiger partial charge on any atom is 0.416 e. The van der Waals surface area contributed by atoms with E-state index in [4.69, 9.17) is 9.72 Å². The molecule has 202 valence electrons. The Morgan fingerprint density at radius 3 is 2.48 bits per heavy atom. The van der Waals surface area contributed by atoms with Crippen molar-refractivity contribution in [1.29, 1.82) is 0 Å². The van der Waals surface area contributed by atoms with Gasteiger partial charge in [-0.25, -0.2) is 9.97 Å². The van der Waals surface area contributed by atoms with Gasteiger partial charge in [0.15, 0.2) is 5.82 Å². The van der Waals surface area contributed by atoms with Gasteiger partial charge in [-0.15, -0.1) is 0 Å². The lowest BCUT2D eigenvalue weighted by atomic mass is 10.0. The van der Waals surface area contributed by atoms with Crippen molar-refractivity contribution >= 4 is 28.3 Å². The van der Waals surface area contributed by atoms with Crippen LogP contribution in [-0.2, 0) is 6.18 Å². The smallest absolute Gasteiger partial charge is 0.416 e. The number of halogens is 3. The maximum atomic E-state index is 13.6. The summed E-state index contributed by atoms with van der Waals surface area (Å²) < 4.78 is 46.1. The molecule has 7 nitrogen and oxygen atoms in total. The molecule has 0 fully saturated rings. The molecule has 5 rings (SSSR count). The molecule has 1 atom stereocenters. The second-order valence-electron chi connectivity index (χ2n) is 8.97. The van der Waals surface area contributed by atoms with Gasteiger partial charge in [0.1, 0.15) is 11.6 Å². The summed E-state index contributed by atoms with van der Waals surface area (Å²) in [7, 11) is 1.55. The Balaban J connectivity index is 1.51. The van der Waals surface area contributed by atoms with Crippen molar-refractivity contribution in [2.75, 3.05) is 12.4 Å². The van der Waals surface area contributed by atoms with Crippen LogP contribution in [0.2, 0.25) is 0 Å². The van der Waals surface area contributed by atoms with E-state index in [0.717, 1.165) is 6.07 Å². The van der Waals surface area contributed by atoms with Crippen LogP contribution in [0, 0.1) is 0 Å². The Bertz CT molecular complexity index is 1680. The number of aromatic nitrogens is 3. The van der Waals surface area contributed by atoms with Crippen LogP contribution >= 0.6 is 0 Å². The molecule has 0 aliphatic heterocycles. The largest absolute Gasteiger partial charge is 0.497 e. The predicted molar refractivity (Wildman–Crippen MR) is 146 cm³/mol. The number of hydrogen-bond acceptors (Lipinski definition) is 6. The minimum absolute atomic E-state index is 0.0243. The van der Waals surface area contributed by atoms with Gasteiger partial charge in [-0.3, -0.25) is 9.78 Å². The number of pyridine rings is 1. The zero-order chi connectivity index (χ0) is 28.3. The SMILES string of the molecule is COc1ccc2nc(-c3cccnc3)nc(Nc3ccccc3C(=O)NC(C)c3ccccc3C(F)(F)F)c2c1. The van der Waals surface area contributed by atoms with E-state index in [0.29, 0.717) is 39.5 Å². The number of rotatable bonds is 7. The normalized spacial score (nSPS) is 12.1. The Morgan fingerprint density at radius 2 is 1.73 bits per heavy atom. The number of anilines is 2. The first-order valence-corrected chi connectivity index (χ1v) is 12.3. The molecule has 0 saturated heterocycles. The molecule has 40 heavy (non-hydrogen) atoms. The van der Waals surface area contributed by atoms with Crippen LogP contribution < -0.4 is 15.4 Å². The van der Waals surface area contributed by atoms with Crippen molar-refractivity contribution < 1.29 is 22.7 Å².